The van der Waals surface area contributed by atoms with Gasteiger partial charge in [-0.1, -0.05) is 109 Å². The minimum Gasteiger partial charge on any atom is -0.377 e. The second kappa shape index (κ2) is 9.81. The molecule has 0 spiro atoms. The molecule has 0 saturated carbocycles. The Kier molecular flexibility index (Phi) is 6.07. The van der Waals surface area contributed by atoms with E-state index in [1.807, 2.05) is 0 Å². The Hall–Kier alpha value is -4.20. The van der Waals surface area contributed by atoms with Crippen LogP contribution in [0.4, 0.5) is 0 Å². The molecule has 0 unspecified atom stereocenters. The van der Waals surface area contributed by atoms with Gasteiger partial charge in [-0.15, -0.1) is 0 Å². The first-order valence-electron chi connectivity index (χ1n) is 12.6. The molecular formula is C35H28O. The van der Waals surface area contributed by atoms with Crippen molar-refractivity contribution in [2.24, 2.45) is 0 Å². The van der Waals surface area contributed by atoms with E-state index < -0.39 is 0 Å². The second-order valence-corrected chi connectivity index (χ2v) is 9.12. The average molecular weight is 465 g/mol. The van der Waals surface area contributed by atoms with E-state index >= 15 is 0 Å². The van der Waals surface area contributed by atoms with Crippen LogP contribution in [-0.2, 0) is 11.3 Å². The van der Waals surface area contributed by atoms with E-state index in [0.717, 1.165) is 0 Å². The minimum absolute atomic E-state index is 0.589. The van der Waals surface area contributed by atoms with Gasteiger partial charge >= 0.3 is 0 Å². The zero-order chi connectivity index (χ0) is 24.3. The highest BCUT2D eigenvalue weighted by Crippen LogP contribution is 2.46. The van der Waals surface area contributed by atoms with Gasteiger partial charge in [-0.25, -0.2) is 0 Å². The van der Waals surface area contributed by atoms with Crippen LogP contribution in [0.3, 0.4) is 0 Å². The summed E-state index contributed by atoms with van der Waals surface area (Å²) in [6.45, 7) is 3.33. The fourth-order valence-electron chi connectivity index (χ4n) is 5.22. The molecular weight excluding hydrogens is 436 g/mol. The molecule has 0 radical (unpaired) electrons. The van der Waals surface area contributed by atoms with Gasteiger partial charge in [0.2, 0.25) is 0 Å². The van der Waals surface area contributed by atoms with E-state index in [0.29, 0.717) is 13.2 Å². The lowest BCUT2D eigenvalue weighted by Crippen LogP contribution is -1.98. The highest BCUT2D eigenvalue weighted by atomic mass is 16.5. The quantitative estimate of drug-likeness (QED) is 0.223. The van der Waals surface area contributed by atoms with Gasteiger partial charge in [0.15, 0.2) is 0 Å². The van der Waals surface area contributed by atoms with Gasteiger partial charge in [0.25, 0.3) is 0 Å². The molecule has 1 nitrogen and oxygen atoms in total. The molecule has 0 fully saturated rings. The maximum atomic E-state index is 5.92. The van der Waals surface area contributed by atoms with E-state index in [1.54, 1.807) is 0 Å². The molecule has 6 aromatic carbocycles. The molecule has 0 heterocycles. The van der Waals surface area contributed by atoms with E-state index in [9.17, 15) is 0 Å². The lowest BCUT2D eigenvalue weighted by Gasteiger charge is -2.22. The molecule has 36 heavy (non-hydrogen) atoms. The summed E-state index contributed by atoms with van der Waals surface area (Å²) >= 11 is 0. The van der Waals surface area contributed by atoms with Crippen molar-refractivity contribution in [3.63, 3.8) is 0 Å². The summed E-state index contributed by atoms with van der Waals surface area (Å²) in [6.07, 6.45) is 0. The average Bonchev–Trinajstić information content (AvgIpc) is 2.95. The standard InChI is InChI=1S/C35H28O/c1-2-36-24-29-19-11-12-20-31(29)35-33-22-28-18-10-9-17-27(28)21-30(33)23-32(25-13-5-3-6-14-25)34(35)26-15-7-4-8-16-26/h3-23H,2,24H2,1H3. The maximum absolute atomic E-state index is 5.92. The maximum Gasteiger partial charge on any atom is 0.0722 e. The van der Waals surface area contributed by atoms with Gasteiger partial charge in [-0.05, 0) is 85.6 Å². The number of ether oxygens (including phenoxy) is 1. The SMILES string of the molecule is CCOCc1ccccc1-c1c(-c2ccccc2)c(-c2ccccc2)cc2cc3ccccc3cc12. The third-order valence-electron chi connectivity index (χ3n) is 6.90. The Bertz CT molecular complexity index is 1650. The fourth-order valence-corrected chi connectivity index (χ4v) is 5.22. The topological polar surface area (TPSA) is 9.23 Å². The van der Waals surface area contributed by atoms with Gasteiger partial charge in [-0.3, -0.25) is 0 Å². The summed E-state index contributed by atoms with van der Waals surface area (Å²) < 4.78 is 5.92. The fraction of sp³-hybridized carbons (Fsp3) is 0.0857. The van der Waals surface area contributed by atoms with Crippen LogP contribution in [0.15, 0.2) is 127 Å². The van der Waals surface area contributed by atoms with Crippen molar-refractivity contribution in [3.05, 3.63) is 133 Å². The molecule has 0 aromatic heterocycles. The van der Waals surface area contributed by atoms with Crippen molar-refractivity contribution in [2.75, 3.05) is 6.61 Å². The molecule has 0 aliphatic heterocycles. The smallest absolute Gasteiger partial charge is 0.0722 e. The van der Waals surface area contributed by atoms with Gasteiger partial charge in [0.1, 0.15) is 0 Å². The van der Waals surface area contributed by atoms with Gasteiger partial charge in [0.05, 0.1) is 6.61 Å². The number of hydrogen-bond acceptors (Lipinski definition) is 1. The zero-order valence-corrected chi connectivity index (χ0v) is 20.4. The van der Waals surface area contributed by atoms with Crippen molar-refractivity contribution in [1.82, 2.24) is 0 Å². The van der Waals surface area contributed by atoms with Crippen LogP contribution in [-0.4, -0.2) is 6.61 Å². The highest BCUT2D eigenvalue weighted by Gasteiger charge is 2.20. The third-order valence-corrected chi connectivity index (χ3v) is 6.90. The van der Waals surface area contributed by atoms with Crippen LogP contribution in [0, 0.1) is 0 Å². The van der Waals surface area contributed by atoms with E-state index in [2.05, 4.69) is 134 Å². The molecule has 0 bridgehead atoms. The minimum atomic E-state index is 0.589. The monoisotopic (exact) mass is 464 g/mol. The van der Waals surface area contributed by atoms with Crippen LogP contribution >= 0.6 is 0 Å². The lowest BCUT2D eigenvalue weighted by atomic mass is 9.82. The summed E-state index contributed by atoms with van der Waals surface area (Å²) in [6, 6.07) is 45.9. The second-order valence-electron chi connectivity index (χ2n) is 9.12. The molecule has 0 aliphatic carbocycles. The Morgan fingerprint density at radius 2 is 1.11 bits per heavy atom. The number of benzene rings is 6. The summed E-state index contributed by atoms with van der Waals surface area (Å²) in [7, 11) is 0. The first-order chi connectivity index (χ1) is 17.8. The van der Waals surface area contributed by atoms with E-state index in [1.165, 1.54) is 60.5 Å². The Balaban J connectivity index is 1.80. The van der Waals surface area contributed by atoms with E-state index in [-0.39, 0.29) is 0 Å². The van der Waals surface area contributed by atoms with Crippen molar-refractivity contribution in [2.45, 2.75) is 13.5 Å². The molecule has 0 aliphatic rings. The summed E-state index contributed by atoms with van der Waals surface area (Å²) in [5.74, 6) is 0. The van der Waals surface area contributed by atoms with Crippen molar-refractivity contribution in [1.29, 1.82) is 0 Å². The Labute approximate surface area is 212 Å². The van der Waals surface area contributed by atoms with E-state index in [4.69, 9.17) is 4.74 Å². The van der Waals surface area contributed by atoms with Gasteiger partial charge < -0.3 is 4.74 Å². The van der Waals surface area contributed by atoms with Crippen molar-refractivity contribution in [3.8, 4) is 33.4 Å². The summed E-state index contributed by atoms with van der Waals surface area (Å²) in [5.41, 5.74) is 8.62. The lowest BCUT2D eigenvalue weighted by molar-refractivity contribution is 0.134. The van der Waals surface area contributed by atoms with Crippen LogP contribution in [0.2, 0.25) is 0 Å². The predicted octanol–water partition coefficient (Wildman–Crippen LogP) is 9.53. The third kappa shape index (κ3) is 4.08. The molecule has 0 saturated heterocycles. The molecule has 1 heteroatoms. The van der Waals surface area contributed by atoms with Gasteiger partial charge in [-0.2, -0.15) is 0 Å². The molecule has 0 amide bonds. The molecule has 0 atom stereocenters. The van der Waals surface area contributed by atoms with Crippen LogP contribution in [0.5, 0.6) is 0 Å². The van der Waals surface area contributed by atoms with Crippen LogP contribution in [0.1, 0.15) is 12.5 Å². The number of hydrogen-bond donors (Lipinski definition) is 0. The van der Waals surface area contributed by atoms with Gasteiger partial charge in [0, 0.05) is 6.61 Å². The molecule has 174 valence electrons. The zero-order valence-electron chi connectivity index (χ0n) is 20.4. The number of fused-ring (bicyclic) bond motifs is 2. The van der Waals surface area contributed by atoms with Crippen molar-refractivity contribution < 1.29 is 4.74 Å². The summed E-state index contributed by atoms with van der Waals surface area (Å²) in [4.78, 5) is 0. The molecule has 6 aromatic rings. The largest absolute Gasteiger partial charge is 0.377 e. The van der Waals surface area contributed by atoms with Crippen molar-refractivity contribution >= 4 is 21.5 Å². The highest BCUT2D eigenvalue weighted by molar-refractivity contribution is 6.13. The van der Waals surface area contributed by atoms with Crippen LogP contribution in [0.25, 0.3) is 54.9 Å². The molecule has 6 rings (SSSR count). The van der Waals surface area contributed by atoms with Crippen LogP contribution < -0.4 is 0 Å². The first-order valence-corrected chi connectivity index (χ1v) is 12.6. The summed E-state index contributed by atoms with van der Waals surface area (Å²) in [5, 5.41) is 5.01. The normalized spacial score (nSPS) is 11.2. The number of rotatable bonds is 6. The Morgan fingerprint density at radius 3 is 1.83 bits per heavy atom. The first kappa shape index (κ1) is 22.3. The molecule has 0 N–H and O–H groups in total. The Morgan fingerprint density at radius 1 is 0.500 bits per heavy atom. The predicted molar refractivity (Wildman–Crippen MR) is 153 cm³/mol.